The first-order valence-corrected chi connectivity index (χ1v) is 21.8. The van der Waals surface area contributed by atoms with E-state index in [1.165, 1.54) is 0 Å². The third-order valence-corrected chi connectivity index (χ3v) is 13.0. The van der Waals surface area contributed by atoms with Crippen LogP contribution < -0.4 is 10.6 Å². The average Bonchev–Trinajstić information content (AvgIpc) is 3.53. The molecule has 9 rings (SSSR count). The number of H-pyrrole nitrogens is 1. The van der Waals surface area contributed by atoms with Crippen molar-refractivity contribution < 1.29 is 38.2 Å². The maximum absolute atomic E-state index is 12.8. The number of nitrogens with zero attached hydrogens (tertiary/aromatic N) is 3. The Kier molecular flexibility index (Phi) is 12.9. The molecule has 0 radical (unpaired) electrons. The number of halogens is 3. The summed E-state index contributed by atoms with van der Waals surface area (Å²) in [6, 6.07) is 3.50. The lowest BCUT2D eigenvalue weighted by atomic mass is 9.58. The molecule has 3 aromatic heterocycles. The third kappa shape index (κ3) is 9.53. The second-order valence-electron chi connectivity index (χ2n) is 18.5. The fourth-order valence-electron chi connectivity index (χ4n) is 8.69. The molecule has 3 amide bonds. The number of ketones is 2. The predicted molar refractivity (Wildman–Crippen MR) is 233 cm³/mol. The van der Waals surface area contributed by atoms with Gasteiger partial charge >= 0.3 is 12.1 Å². The van der Waals surface area contributed by atoms with Crippen LogP contribution in [0.15, 0.2) is 24.5 Å². The van der Waals surface area contributed by atoms with Crippen molar-refractivity contribution in [2.45, 2.75) is 115 Å². The van der Waals surface area contributed by atoms with Crippen LogP contribution in [-0.4, -0.2) is 97.5 Å². The summed E-state index contributed by atoms with van der Waals surface area (Å²) in [5.41, 5.74) is 5.64. The number of hydrogen-bond donors (Lipinski definition) is 3. The first-order valence-electron chi connectivity index (χ1n) is 20.1. The molecule has 3 aliphatic heterocycles. The number of pyridine rings is 2. The zero-order chi connectivity index (χ0) is 43.5. The van der Waals surface area contributed by atoms with Crippen LogP contribution in [0.3, 0.4) is 0 Å². The Morgan fingerprint density at radius 2 is 1.43 bits per heavy atom. The molecule has 2 saturated heterocycles. The summed E-state index contributed by atoms with van der Waals surface area (Å²) in [7, 11) is 0. The first-order chi connectivity index (χ1) is 28.1. The van der Waals surface area contributed by atoms with Crippen molar-refractivity contribution >= 4 is 74.6 Å². The molecule has 2 spiro atoms. The van der Waals surface area contributed by atoms with Gasteiger partial charge in [-0.3, -0.25) is 24.0 Å². The van der Waals surface area contributed by atoms with Gasteiger partial charge in [0.2, 0.25) is 5.91 Å². The molecule has 17 heteroatoms. The van der Waals surface area contributed by atoms with E-state index in [1.807, 2.05) is 53.8 Å². The van der Waals surface area contributed by atoms with Gasteiger partial charge in [-0.2, -0.15) is 0 Å². The average molecular weight is 945 g/mol. The Balaban J connectivity index is 0.000000166. The van der Waals surface area contributed by atoms with Crippen molar-refractivity contribution in [3.63, 3.8) is 0 Å². The minimum atomic E-state index is -0.533. The highest BCUT2D eigenvalue weighted by Gasteiger charge is 2.55. The van der Waals surface area contributed by atoms with E-state index >= 15 is 0 Å². The highest BCUT2D eigenvalue weighted by molar-refractivity contribution is 9.10. The van der Waals surface area contributed by atoms with E-state index < -0.39 is 16.6 Å². The number of aryl methyl sites for hydroxylation is 2. The van der Waals surface area contributed by atoms with Crippen molar-refractivity contribution in [2.75, 3.05) is 26.2 Å². The molecule has 1 saturated carbocycles. The van der Waals surface area contributed by atoms with Gasteiger partial charge in [0.1, 0.15) is 27.3 Å². The van der Waals surface area contributed by atoms with E-state index in [0.717, 1.165) is 64.9 Å². The minimum absolute atomic E-state index is 0. The Morgan fingerprint density at radius 1 is 0.836 bits per heavy atom. The zero-order valence-corrected chi connectivity index (χ0v) is 37.6. The maximum Gasteiger partial charge on any atom is 0.410 e. The number of likely N-dealkylation sites (tertiary alicyclic amines) is 1. The second kappa shape index (κ2) is 17.1. The molecule has 3 fully saturated rings. The molecular weight excluding hydrogens is 891 g/mol. The normalized spacial score (nSPS) is 23.0. The van der Waals surface area contributed by atoms with E-state index in [1.54, 1.807) is 17.2 Å². The van der Waals surface area contributed by atoms with Crippen molar-refractivity contribution in [2.24, 2.45) is 11.3 Å². The molecule has 0 aromatic carbocycles. The number of Topliss-reactive ketones (excluding diaryl/α,β-unsaturated/α-hetero) is 2. The summed E-state index contributed by atoms with van der Waals surface area (Å²) in [6.45, 7) is 12.9. The summed E-state index contributed by atoms with van der Waals surface area (Å²) < 4.78 is 10.8. The lowest BCUT2D eigenvalue weighted by Gasteiger charge is -2.51. The summed E-state index contributed by atoms with van der Waals surface area (Å²) in [6.07, 6.45) is 7.45. The number of fused-ring (bicyclic) bond motifs is 7. The standard InChI is InChI=1S/C21H23ClN4O3.C13H19NO4.C9H7BrClNO.CH4/c1-20(2,3)29-19(28)26-9-21(10-26)8-24-18(27)15-12-5-4-11-7-23-14(22)6-13(11)16(12)25-17(15)21;1-12(2,3)18-11(17)8-5-13(6-8)7-14-10(16)4-9(13)15;10-7-2-1-5-4-12-8(11)3-6(5)9(7)13;/h6-7,25H,4-5,8-10H2,1-3H3,(H,24,27);8H,4-7H2,1-3H3,(H,14,16);3-4,7H,1-2H2;1H4. The first kappa shape index (κ1) is 46.2. The van der Waals surface area contributed by atoms with Crippen LogP contribution in [0.25, 0.3) is 11.3 Å². The van der Waals surface area contributed by atoms with Crippen LogP contribution in [-0.2, 0) is 48.5 Å². The van der Waals surface area contributed by atoms with Crippen LogP contribution in [0, 0.1) is 11.3 Å². The van der Waals surface area contributed by atoms with E-state index in [-0.39, 0.29) is 65.5 Å². The van der Waals surface area contributed by atoms with Crippen LogP contribution in [0.4, 0.5) is 4.79 Å². The molecule has 1 atom stereocenters. The van der Waals surface area contributed by atoms with Gasteiger partial charge in [0.15, 0.2) is 5.78 Å². The summed E-state index contributed by atoms with van der Waals surface area (Å²) in [5.74, 6) is -0.633. The Hall–Kier alpha value is -4.34. The number of carbonyl (C=O) groups is 6. The number of esters is 1. The molecule has 1 unspecified atom stereocenters. The SMILES string of the molecule is C.CC(C)(C)OC(=O)C1CC2(CNC(=O)CC2=O)C1.CC(C)(C)OC(=O)N1CC2(CNC(=O)c3c2[nH]c2c3CCc3cnc(Cl)cc3-2)C1.O=C1c2cc(Cl)ncc2CCC1Br. The van der Waals surface area contributed by atoms with Crippen molar-refractivity contribution in [1.29, 1.82) is 0 Å². The number of hydrogen-bond acceptors (Lipinski definition) is 10. The number of piperidine rings is 1. The molecule has 3 aromatic rings. The van der Waals surface area contributed by atoms with Gasteiger partial charge in [-0.25, -0.2) is 14.8 Å². The van der Waals surface area contributed by atoms with Gasteiger partial charge in [-0.15, -0.1) is 0 Å². The molecule has 328 valence electrons. The van der Waals surface area contributed by atoms with Crippen molar-refractivity contribution in [3.8, 4) is 11.3 Å². The van der Waals surface area contributed by atoms with Crippen LogP contribution >= 0.6 is 39.1 Å². The molecule has 6 aliphatic rings. The predicted octanol–water partition coefficient (Wildman–Crippen LogP) is 7.14. The van der Waals surface area contributed by atoms with E-state index in [9.17, 15) is 28.8 Å². The smallest absolute Gasteiger partial charge is 0.410 e. The van der Waals surface area contributed by atoms with Gasteiger partial charge in [-0.05, 0) is 109 Å². The van der Waals surface area contributed by atoms with E-state index in [4.69, 9.17) is 32.7 Å². The molecule has 14 nitrogen and oxygen atoms in total. The van der Waals surface area contributed by atoms with Crippen molar-refractivity contribution in [3.05, 3.63) is 68.3 Å². The number of alkyl halides is 1. The Bertz CT molecular complexity index is 2290. The van der Waals surface area contributed by atoms with Crippen LogP contribution in [0.5, 0.6) is 0 Å². The quantitative estimate of drug-likeness (QED) is 0.0979. The number of rotatable bonds is 1. The third-order valence-electron chi connectivity index (χ3n) is 11.7. The number of carbonyl (C=O) groups excluding carboxylic acids is 6. The fraction of sp³-hybridized carbons (Fsp3) is 0.545. The molecular formula is C44H53BrCl2N6O8. The van der Waals surface area contributed by atoms with Gasteiger partial charge in [0, 0.05) is 60.8 Å². The second-order valence-corrected chi connectivity index (χ2v) is 20.4. The van der Waals surface area contributed by atoms with Gasteiger partial charge < -0.3 is 30.0 Å². The molecule has 61 heavy (non-hydrogen) atoms. The summed E-state index contributed by atoms with van der Waals surface area (Å²) in [5, 5.41) is 6.55. The number of ether oxygens (including phenoxy) is 2. The number of aromatic amines is 1. The largest absolute Gasteiger partial charge is 0.460 e. The monoisotopic (exact) mass is 942 g/mol. The highest BCUT2D eigenvalue weighted by Crippen LogP contribution is 2.49. The Morgan fingerprint density at radius 3 is 2.03 bits per heavy atom. The van der Waals surface area contributed by atoms with Crippen LogP contribution in [0.2, 0.25) is 10.3 Å². The van der Waals surface area contributed by atoms with Crippen LogP contribution in [0.1, 0.15) is 118 Å². The maximum atomic E-state index is 12.8. The zero-order valence-electron chi connectivity index (χ0n) is 34.5. The fourth-order valence-corrected chi connectivity index (χ4v) is 9.48. The van der Waals surface area contributed by atoms with Crippen molar-refractivity contribution in [1.82, 2.24) is 30.5 Å². The van der Waals surface area contributed by atoms with E-state index in [2.05, 4.69) is 41.5 Å². The molecule has 3 N–H and O–H groups in total. The Labute approximate surface area is 374 Å². The van der Waals surface area contributed by atoms with Gasteiger partial charge in [0.25, 0.3) is 5.91 Å². The number of amides is 3. The molecule has 6 heterocycles. The number of nitrogens with one attached hydrogen (secondary N) is 3. The minimum Gasteiger partial charge on any atom is -0.460 e. The highest BCUT2D eigenvalue weighted by atomic mass is 79.9. The van der Waals surface area contributed by atoms with E-state index in [0.29, 0.717) is 54.9 Å². The molecule has 3 aliphatic carbocycles. The summed E-state index contributed by atoms with van der Waals surface area (Å²) in [4.78, 5) is 84.9. The lowest BCUT2D eigenvalue weighted by Crippen LogP contribution is -2.67. The van der Waals surface area contributed by atoms with Gasteiger partial charge in [-0.1, -0.05) is 46.6 Å². The topological polar surface area (TPSA) is 190 Å². The summed E-state index contributed by atoms with van der Waals surface area (Å²) >= 11 is 15.2. The lowest BCUT2D eigenvalue weighted by molar-refractivity contribution is -0.171. The van der Waals surface area contributed by atoms with Gasteiger partial charge in [0.05, 0.1) is 33.8 Å². The number of aromatic nitrogens is 3. The molecule has 0 bridgehead atoms.